The van der Waals surface area contributed by atoms with Crippen molar-refractivity contribution in [2.75, 3.05) is 14.2 Å². The molecule has 0 spiro atoms. The minimum absolute atomic E-state index is 0.0416. The third-order valence-electron chi connectivity index (χ3n) is 5.46. The molecule has 0 radical (unpaired) electrons. The highest BCUT2D eigenvalue weighted by atomic mass is 16.5. The average molecular weight is 408 g/mol. The number of unbranched alkanes of at least 4 members (excludes halogenated alkanes) is 3. The molecule has 1 aliphatic heterocycles. The first-order valence-electron chi connectivity index (χ1n) is 10.2. The summed E-state index contributed by atoms with van der Waals surface area (Å²) in [6.45, 7) is 2.17. The van der Waals surface area contributed by atoms with Gasteiger partial charge in [0.15, 0.2) is 11.5 Å². The van der Waals surface area contributed by atoms with Gasteiger partial charge in [-0.2, -0.15) is 5.26 Å². The molecule has 0 saturated carbocycles. The zero-order valence-electron chi connectivity index (χ0n) is 17.7. The van der Waals surface area contributed by atoms with E-state index in [-0.39, 0.29) is 11.6 Å². The van der Waals surface area contributed by atoms with Crippen molar-refractivity contribution < 1.29 is 19.3 Å². The van der Waals surface area contributed by atoms with Gasteiger partial charge >= 0.3 is 0 Å². The summed E-state index contributed by atoms with van der Waals surface area (Å²) >= 11 is 0. The van der Waals surface area contributed by atoms with Crippen LogP contribution in [0.25, 0.3) is 0 Å². The number of aryl methyl sites for hydroxylation is 1. The van der Waals surface area contributed by atoms with E-state index in [0.717, 1.165) is 42.4 Å². The van der Waals surface area contributed by atoms with Gasteiger partial charge < -0.3 is 25.1 Å². The predicted molar refractivity (Wildman–Crippen MR) is 115 cm³/mol. The number of benzene rings is 2. The number of methoxy groups -OCH3 is 2. The van der Waals surface area contributed by atoms with Crippen LogP contribution in [0.1, 0.15) is 55.2 Å². The maximum atomic E-state index is 10.5. The molecule has 0 saturated heterocycles. The van der Waals surface area contributed by atoms with Gasteiger partial charge in [-0.1, -0.05) is 32.3 Å². The van der Waals surface area contributed by atoms with E-state index < -0.39 is 5.92 Å². The summed E-state index contributed by atoms with van der Waals surface area (Å²) in [7, 11) is 3.15. The molecule has 6 heteroatoms. The highest BCUT2D eigenvalue weighted by molar-refractivity contribution is 5.60. The molecule has 1 aliphatic rings. The largest absolute Gasteiger partial charge is 0.508 e. The van der Waals surface area contributed by atoms with Gasteiger partial charge in [0, 0.05) is 11.6 Å². The third-order valence-corrected chi connectivity index (χ3v) is 5.46. The molecule has 0 bridgehead atoms. The molecule has 0 fully saturated rings. The van der Waals surface area contributed by atoms with Crippen molar-refractivity contribution in [1.82, 2.24) is 0 Å². The number of fused-ring (bicyclic) bond motifs is 1. The third kappa shape index (κ3) is 4.16. The molecule has 0 aliphatic carbocycles. The lowest BCUT2D eigenvalue weighted by atomic mass is 9.82. The molecule has 1 heterocycles. The SMILES string of the molecule is CCCCCCc1cc2c(cc1O)OC(N)=C(C#N)C2c1ccc(OC)c(OC)c1. The molecule has 0 amide bonds. The molecule has 2 aromatic carbocycles. The lowest BCUT2D eigenvalue weighted by Crippen LogP contribution is -2.21. The molecule has 158 valence electrons. The summed E-state index contributed by atoms with van der Waals surface area (Å²) < 4.78 is 16.5. The number of allylic oxidation sites excluding steroid dienone is 1. The summed E-state index contributed by atoms with van der Waals surface area (Å²) in [5.74, 6) is 1.43. The number of phenols is 1. The van der Waals surface area contributed by atoms with E-state index in [1.807, 2.05) is 18.2 Å². The molecule has 30 heavy (non-hydrogen) atoms. The molecule has 1 unspecified atom stereocenters. The normalized spacial score (nSPS) is 15.2. The van der Waals surface area contributed by atoms with Crippen LogP contribution < -0.4 is 19.9 Å². The van der Waals surface area contributed by atoms with Gasteiger partial charge in [0.2, 0.25) is 5.88 Å². The molecule has 1 atom stereocenters. The number of nitrogens with two attached hydrogens (primary N) is 1. The van der Waals surface area contributed by atoms with Crippen LogP contribution in [0.15, 0.2) is 41.8 Å². The van der Waals surface area contributed by atoms with E-state index in [1.54, 1.807) is 26.4 Å². The average Bonchev–Trinajstić information content (AvgIpc) is 2.75. The van der Waals surface area contributed by atoms with Crippen molar-refractivity contribution >= 4 is 0 Å². The summed E-state index contributed by atoms with van der Waals surface area (Å²) in [6.07, 6.45) is 5.19. The quantitative estimate of drug-likeness (QED) is 0.612. The van der Waals surface area contributed by atoms with Gasteiger partial charge in [-0.05, 0) is 42.2 Å². The van der Waals surface area contributed by atoms with Crippen LogP contribution in [0.4, 0.5) is 0 Å². The number of aromatic hydroxyl groups is 1. The van der Waals surface area contributed by atoms with E-state index in [0.29, 0.717) is 22.8 Å². The van der Waals surface area contributed by atoms with E-state index in [1.165, 1.54) is 6.42 Å². The Morgan fingerprint density at radius 3 is 2.53 bits per heavy atom. The second kappa shape index (κ2) is 9.45. The molecular formula is C24H28N2O4. The van der Waals surface area contributed by atoms with Crippen molar-refractivity contribution in [1.29, 1.82) is 5.26 Å². The standard InChI is InChI=1S/C24H28N2O4/c1-4-5-6-7-8-15-11-17-21(13-19(15)27)30-24(26)18(14-25)23(17)16-9-10-20(28-2)22(12-16)29-3/h9-13,23,27H,4-8,26H2,1-3H3. The number of nitriles is 1. The molecule has 3 N–H and O–H groups in total. The Labute approximate surface area is 177 Å². The molecule has 2 aromatic rings. The van der Waals surface area contributed by atoms with Gasteiger partial charge in [0.25, 0.3) is 0 Å². The summed E-state index contributed by atoms with van der Waals surface area (Å²) in [5.41, 5.74) is 8.87. The molecular weight excluding hydrogens is 380 g/mol. The van der Waals surface area contributed by atoms with Crippen molar-refractivity contribution in [3.05, 3.63) is 58.5 Å². The Bertz CT molecular complexity index is 991. The first-order chi connectivity index (χ1) is 14.5. The lowest BCUT2D eigenvalue weighted by molar-refractivity contribution is 0.354. The minimum Gasteiger partial charge on any atom is -0.508 e. The molecule has 0 aromatic heterocycles. The van der Waals surface area contributed by atoms with Gasteiger partial charge in [-0.15, -0.1) is 0 Å². The van der Waals surface area contributed by atoms with Crippen LogP contribution >= 0.6 is 0 Å². The summed E-state index contributed by atoms with van der Waals surface area (Å²) in [5, 5.41) is 20.3. The Morgan fingerprint density at radius 1 is 1.10 bits per heavy atom. The van der Waals surface area contributed by atoms with Crippen LogP contribution in [0, 0.1) is 11.3 Å². The van der Waals surface area contributed by atoms with Crippen molar-refractivity contribution in [3.8, 4) is 29.1 Å². The van der Waals surface area contributed by atoms with E-state index in [2.05, 4.69) is 13.0 Å². The van der Waals surface area contributed by atoms with E-state index in [4.69, 9.17) is 19.9 Å². The maximum absolute atomic E-state index is 10.5. The number of hydrogen-bond acceptors (Lipinski definition) is 6. The second-order valence-corrected chi connectivity index (χ2v) is 7.37. The topological polar surface area (TPSA) is 97.7 Å². The Hall–Kier alpha value is -3.33. The summed E-state index contributed by atoms with van der Waals surface area (Å²) in [4.78, 5) is 0. The van der Waals surface area contributed by atoms with Crippen LogP contribution in [0.5, 0.6) is 23.0 Å². The second-order valence-electron chi connectivity index (χ2n) is 7.37. The van der Waals surface area contributed by atoms with Crippen molar-refractivity contribution in [2.24, 2.45) is 5.73 Å². The first kappa shape index (κ1) is 21.4. The lowest BCUT2D eigenvalue weighted by Gasteiger charge is -2.27. The number of hydrogen-bond donors (Lipinski definition) is 2. The smallest absolute Gasteiger partial charge is 0.205 e. The van der Waals surface area contributed by atoms with E-state index >= 15 is 0 Å². The predicted octanol–water partition coefficient (Wildman–Crippen LogP) is 4.75. The van der Waals surface area contributed by atoms with Crippen LogP contribution in [0.3, 0.4) is 0 Å². The van der Waals surface area contributed by atoms with Gasteiger partial charge in [0.1, 0.15) is 23.1 Å². The number of ether oxygens (including phenoxy) is 3. The highest BCUT2D eigenvalue weighted by Crippen LogP contribution is 2.46. The van der Waals surface area contributed by atoms with Gasteiger partial charge in [-0.25, -0.2) is 0 Å². The maximum Gasteiger partial charge on any atom is 0.205 e. The van der Waals surface area contributed by atoms with Gasteiger partial charge in [0.05, 0.1) is 20.1 Å². The van der Waals surface area contributed by atoms with E-state index in [9.17, 15) is 10.4 Å². The fourth-order valence-electron chi connectivity index (χ4n) is 3.86. The fraction of sp³-hybridized carbons (Fsp3) is 0.375. The highest BCUT2D eigenvalue weighted by Gasteiger charge is 2.32. The van der Waals surface area contributed by atoms with Crippen LogP contribution in [-0.2, 0) is 6.42 Å². The fourth-order valence-corrected chi connectivity index (χ4v) is 3.86. The minimum atomic E-state index is -0.423. The Morgan fingerprint density at radius 2 is 1.87 bits per heavy atom. The van der Waals surface area contributed by atoms with Crippen molar-refractivity contribution in [2.45, 2.75) is 44.9 Å². The summed E-state index contributed by atoms with van der Waals surface area (Å²) in [6, 6.07) is 11.3. The first-order valence-corrected chi connectivity index (χ1v) is 10.2. The van der Waals surface area contributed by atoms with Crippen LogP contribution in [0.2, 0.25) is 0 Å². The molecule has 6 nitrogen and oxygen atoms in total. The monoisotopic (exact) mass is 408 g/mol. The zero-order chi connectivity index (χ0) is 21.7. The Kier molecular flexibility index (Phi) is 6.73. The zero-order valence-corrected chi connectivity index (χ0v) is 17.7. The Balaban J connectivity index is 2.08. The molecule has 3 rings (SSSR count). The number of phenolic OH excluding ortho intramolecular Hbond substituents is 1. The van der Waals surface area contributed by atoms with Crippen LogP contribution in [-0.4, -0.2) is 19.3 Å². The number of nitrogens with zero attached hydrogens (tertiary/aromatic N) is 1. The van der Waals surface area contributed by atoms with Gasteiger partial charge in [-0.3, -0.25) is 0 Å². The van der Waals surface area contributed by atoms with Crippen molar-refractivity contribution in [3.63, 3.8) is 0 Å². The number of rotatable bonds is 8.